The standard InChI is InChI=1S/C12H15BrO2.C7H7BrO.C5H8O/c13-11-6-4-10(5-7-11)9-15-12-3-1-2-8-14-12;8-7-3-1-6(5-9)2-4-7;1-2-4-6-5-3-1/h4-7,12H,1-3,8-9H2;1-4,9H,5H2;2,4H,1,3,5H2. The molecule has 1 fully saturated rings. The van der Waals surface area contributed by atoms with E-state index in [9.17, 15) is 0 Å². The van der Waals surface area contributed by atoms with E-state index in [-0.39, 0.29) is 12.9 Å². The van der Waals surface area contributed by atoms with Crippen LogP contribution in [0.25, 0.3) is 0 Å². The van der Waals surface area contributed by atoms with Gasteiger partial charge in [0, 0.05) is 15.6 Å². The van der Waals surface area contributed by atoms with Crippen molar-refractivity contribution >= 4 is 31.9 Å². The van der Waals surface area contributed by atoms with Crippen LogP contribution in [0.4, 0.5) is 0 Å². The number of hydrogen-bond acceptors (Lipinski definition) is 4. The van der Waals surface area contributed by atoms with Gasteiger partial charge in [-0.25, -0.2) is 0 Å². The van der Waals surface area contributed by atoms with E-state index in [2.05, 4.69) is 44.0 Å². The first-order chi connectivity index (χ1) is 14.7. The maximum Gasteiger partial charge on any atom is 0.158 e. The van der Waals surface area contributed by atoms with Crippen molar-refractivity contribution in [3.05, 3.63) is 80.9 Å². The lowest BCUT2D eigenvalue weighted by Crippen LogP contribution is -2.21. The Morgan fingerprint density at radius 3 is 1.97 bits per heavy atom. The van der Waals surface area contributed by atoms with Crippen LogP contribution in [0.1, 0.15) is 43.2 Å². The minimum Gasteiger partial charge on any atom is -0.502 e. The average molecular weight is 542 g/mol. The van der Waals surface area contributed by atoms with Gasteiger partial charge in [-0.3, -0.25) is 0 Å². The number of rotatable bonds is 4. The van der Waals surface area contributed by atoms with Crippen LogP contribution < -0.4 is 0 Å². The molecular formula is C24H30Br2O4. The van der Waals surface area contributed by atoms with Crippen molar-refractivity contribution in [3.8, 4) is 0 Å². The normalized spacial score (nSPS) is 17.6. The number of allylic oxidation sites excluding steroid dienone is 1. The third kappa shape index (κ3) is 11.3. The highest BCUT2D eigenvalue weighted by Crippen LogP contribution is 2.17. The summed E-state index contributed by atoms with van der Waals surface area (Å²) in [6.07, 6.45) is 9.60. The molecule has 30 heavy (non-hydrogen) atoms. The van der Waals surface area contributed by atoms with Crippen LogP contribution in [0.3, 0.4) is 0 Å². The van der Waals surface area contributed by atoms with Crippen LogP contribution >= 0.6 is 31.9 Å². The summed E-state index contributed by atoms with van der Waals surface area (Å²) in [5, 5.41) is 8.61. The molecule has 0 saturated carbocycles. The van der Waals surface area contributed by atoms with Gasteiger partial charge in [0.05, 0.1) is 26.1 Å². The van der Waals surface area contributed by atoms with Gasteiger partial charge in [-0.2, -0.15) is 0 Å². The molecule has 4 nitrogen and oxygen atoms in total. The molecule has 0 radical (unpaired) electrons. The molecular weight excluding hydrogens is 512 g/mol. The first kappa shape index (κ1) is 25.1. The fourth-order valence-corrected chi connectivity index (χ4v) is 3.22. The van der Waals surface area contributed by atoms with Crippen LogP contribution in [0.15, 0.2) is 69.8 Å². The van der Waals surface area contributed by atoms with Gasteiger partial charge in [-0.05, 0) is 73.6 Å². The van der Waals surface area contributed by atoms with Crippen molar-refractivity contribution in [3.63, 3.8) is 0 Å². The Bertz CT molecular complexity index is 703. The van der Waals surface area contributed by atoms with Crippen LogP contribution in [-0.2, 0) is 27.4 Å². The second-order valence-electron chi connectivity index (χ2n) is 6.90. The first-order valence-electron chi connectivity index (χ1n) is 10.3. The van der Waals surface area contributed by atoms with E-state index in [1.807, 2.05) is 42.5 Å². The zero-order valence-electron chi connectivity index (χ0n) is 17.1. The number of halogens is 2. The fourth-order valence-electron chi connectivity index (χ4n) is 2.69. The molecule has 0 aromatic heterocycles. The minimum absolute atomic E-state index is 0.00222. The van der Waals surface area contributed by atoms with E-state index in [4.69, 9.17) is 19.3 Å². The summed E-state index contributed by atoms with van der Waals surface area (Å²) in [7, 11) is 0. The van der Waals surface area contributed by atoms with Gasteiger partial charge in [0.25, 0.3) is 0 Å². The molecule has 0 spiro atoms. The fraction of sp³-hybridized carbons (Fsp3) is 0.417. The second kappa shape index (κ2) is 15.6. The molecule has 0 aliphatic carbocycles. The maximum absolute atomic E-state index is 8.61. The summed E-state index contributed by atoms with van der Waals surface area (Å²) in [5.74, 6) is 0. The molecule has 0 bridgehead atoms. The van der Waals surface area contributed by atoms with E-state index < -0.39 is 0 Å². The zero-order chi connectivity index (χ0) is 21.4. The van der Waals surface area contributed by atoms with Gasteiger partial charge in [0.15, 0.2) is 6.29 Å². The van der Waals surface area contributed by atoms with Crippen molar-refractivity contribution in [2.24, 2.45) is 0 Å². The smallest absolute Gasteiger partial charge is 0.158 e. The lowest BCUT2D eigenvalue weighted by atomic mass is 10.2. The van der Waals surface area contributed by atoms with Gasteiger partial charge in [-0.1, -0.05) is 56.1 Å². The molecule has 2 aliphatic rings. The first-order valence-corrected chi connectivity index (χ1v) is 11.9. The highest BCUT2D eigenvalue weighted by atomic mass is 79.9. The highest BCUT2D eigenvalue weighted by molar-refractivity contribution is 9.10. The van der Waals surface area contributed by atoms with Gasteiger partial charge < -0.3 is 19.3 Å². The Hall–Kier alpha value is -1.18. The van der Waals surface area contributed by atoms with E-state index in [0.717, 1.165) is 40.6 Å². The SMILES string of the molecule is Brc1ccc(COC2CCCCO2)cc1.C1=COCCC1.OCc1ccc(Br)cc1. The van der Waals surface area contributed by atoms with E-state index in [1.165, 1.54) is 24.8 Å². The topological polar surface area (TPSA) is 47.9 Å². The minimum atomic E-state index is 0.00222. The molecule has 164 valence electrons. The van der Waals surface area contributed by atoms with Crippen LogP contribution in [0.2, 0.25) is 0 Å². The third-order valence-electron chi connectivity index (χ3n) is 4.41. The summed E-state index contributed by atoms with van der Waals surface area (Å²) in [4.78, 5) is 0. The lowest BCUT2D eigenvalue weighted by Gasteiger charge is -2.22. The second-order valence-corrected chi connectivity index (χ2v) is 8.73. The molecule has 1 N–H and O–H groups in total. The number of aliphatic hydroxyl groups excluding tert-OH is 1. The molecule has 0 amide bonds. The lowest BCUT2D eigenvalue weighted by molar-refractivity contribution is -0.168. The number of aliphatic hydroxyl groups is 1. The van der Waals surface area contributed by atoms with Crippen LogP contribution in [0, 0.1) is 0 Å². The van der Waals surface area contributed by atoms with Gasteiger partial charge in [0.1, 0.15) is 0 Å². The highest BCUT2D eigenvalue weighted by Gasteiger charge is 2.13. The molecule has 2 heterocycles. The van der Waals surface area contributed by atoms with Crippen LogP contribution in [0.5, 0.6) is 0 Å². The molecule has 1 saturated heterocycles. The molecule has 1 atom stereocenters. The average Bonchev–Trinajstić information content (AvgIpc) is 2.82. The largest absolute Gasteiger partial charge is 0.502 e. The van der Waals surface area contributed by atoms with Gasteiger partial charge >= 0.3 is 0 Å². The third-order valence-corrected chi connectivity index (χ3v) is 5.47. The Kier molecular flexibility index (Phi) is 13.0. The van der Waals surface area contributed by atoms with Gasteiger partial charge in [-0.15, -0.1) is 0 Å². The van der Waals surface area contributed by atoms with Crippen molar-refractivity contribution in [1.82, 2.24) is 0 Å². The van der Waals surface area contributed by atoms with Crippen molar-refractivity contribution in [2.45, 2.75) is 51.6 Å². The summed E-state index contributed by atoms with van der Waals surface area (Å²) in [6, 6.07) is 15.8. The Morgan fingerprint density at radius 2 is 1.53 bits per heavy atom. The number of benzene rings is 2. The molecule has 2 aliphatic heterocycles. The summed E-state index contributed by atoms with van der Waals surface area (Å²) in [5.41, 5.74) is 2.13. The van der Waals surface area contributed by atoms with Crippen LogP contribution in [-0.4, -0.2) is 24.6 Å². The monoisotopic (exact) mass is 540 g/mol. The molecule has 2 aromatic carbocycles. The van der Waals surface area contributed by atoms with E-state index in [0.29, 0.717) is 6.61 Å². The molecule has 1 unspecified atom stereocenters. The molecule has 2 aromatic rings. The molecule has 4 rings (SSSR count). The summed E-state index contributed by atoms with van der Waals surface area (Å²) in [6.45, 7) is 2.51. The van der Waals surface area contributed by atoms with E-state index >= 15 is 0 Å². The van der Waals surface area contributed by atoms with Crippen molar-refractivity contribution < 1.29 is 19.3 Å². The van der Waals surface area contributed by atoms with Crippen molar-refractivity contribution in [1.29, 1.82) is 0 Å². The Labute approximate surface area is 196 Å². The Morgan fingerprint density at radius 1 is 0.867 bits per heavy atom. The maximum atomic E-state index is 8.61. The molecule has 6 heteroatoms. The predicted molar refractivity (Wildman–Crippen MR) is 127 cm³/mol. The number of hydrogen-bond donors (Lipinski definition) is 1. The van der Waals surface area contributed by atoms with Gasteiger partial charge in [0.2, 0.25) is 0 Å². The zero-order valence-corrected chi connectivity index (χ0v) is 20.3. The number of ether oxygens (including phenoxy) is 3. The van der Waals surface area contributed by atoms with E-state index in [1.54, 1.807) is 6.26 Å². The van der Waals surface area contributed by atoms with Crippen molar-refractivity contribution in [2.75, 3.05) is 13.2 Å². The Balaban J connectivity index is 0.000000180. The summed E-state index contributed by atoms with van der Waals surface area (Å²) < 4.78 is 18.2. The quantitative estimate of drug-likeness (QED) is 0.465. The predicted octanol–water partition coefficient (Wildman–Crippen LogP) is 6.74. The summed E-state index contributed by atoms with van der Waals surface area (Å²) >= 11 is 6.70.